The van der Waals surface area contributed by atoms with E-state index in [1.807, 2.05) is 42.5 Å². The van der Waals surface area contributed by atoms with Gasteiger partial charge in [-0.1, -0.05) is 24.3 Å². The summed E-state index contributed by atoms with van der Waals surface area (Å²) >= 11 is 0. The number of rotatable bonds is 4. The summed E-state index contributed by atoms with van der Waals surface area (Å²) in [5.41, 5.74) is 2.55. The van der Waals surface area contributed by atoms with E-state index in [0.717, 1.165) is 27.5 Å². The minimum absolute atomic E-state index is 0.00421. The van der Waals surface area contributed by atoms with Gasteiger partial charge in [-0.2, -0.15) is 0 Å². The van der Waals surface area contributed by atoms with Crippen molar-refractivity contribution >= 4 is 44.6 Å². The number of amides is 2. The molecule has 2 aromatic carbocycles. The molecule has 0 aliphatic carbocycles. The molecule has 1 atom stereocenters. The van der Waals surface area contributed by atoms with Crippen molar-refractivity contribution in [3.05, 3.63) is 48.0 Å². The van der Waals surface area contributed by atoms with Crippen LogP contribution in [-0.2, 0) is 26.1 Å². The fourth-order valence-corrected chi connectivity index (χ4v) is 4.71. The summed E-state index contributed by atoms with van der Waals surface area (Å²) in [6.07, 6.45) is 0. The molecule has 2 heterocycles. The van der Waals surface area contributed by atoms with Crippen LogP contribution in [0.3, 0.4) is 0 Å². The Morgan fingerprint density at radius 3 is 2.39 bits per heavy atom. The van der Waals surface area contributed by atoms with Crippen LogP contribution >= 0.6 is 0 Å². The molecule has 1 saturated heterocycles. The van der Waals surface area contributed by atoms with Crippen LogP contribution in [0.1, 0.15) is 12.5 Å². The number of benzene rings is 2. The Bertz CT molecular complexity index is 1070. The number of hydrogen-bond acceptors (Lipinski definition) is 4. The van der Waals surface area contributed by atoms with E-state index in [2.05, 4.69) is 0 Å². The Balaban J connectivity index is 1.40. The Kier molecular flexibility index (Phi) is 5.17. The molecule has 146 valence electrons. The maximum Gasteiger partial charge on any atom is 0.235 e. The van der Waals surface area contributed by atoms with Gasteiger partial charge in [-0.3, -0.25) is 13.8 Å². The SMILES string of the molecule is CC(=O)N1CCN(C(=O)CS(=O)Cc2ccc3oc4ccccc4c3c2)CC1. The third-order valence-corrected chi connectivity index (χ3v) is 6.36. The molecule has 1 fully saturated rings. The highest BCUT2D eigenvalue weighted by atomic mass is 32.2. The summed E-state index contributed by atoms with van der Waals surface area (Å²) in [4.78, 5) is 27.2. The van der Waals surface area contributed by atoms with Crippen molar-refractivity contribution in [2.75, 3.05) is 31.9 Å². The predicted octanol–water partition coefficient (Wildman–Crippen LogP) is 2.53. The average Bonchev–Trinajstić information content (AvgIpc) is 3.06. The van der Waals surface area contributed by atoms with Crippen molar-refractivity contribution in [1.29, 1.82) is 0 Å². The van der Waals surface area contributed by atoms with Gasteiger partial charge in [0.05, 0.1) is 0 Å². The summed E-state index contributed by atoms with van der Waals surface area (Å²) in [6.45, 7) is 3.62. The maximum absolute atomic E-state index is 12.6. The number of hydrogen-bond donors (Lipinski definition) is 0. The number of carbonyl (C=O) groups excluding carboxylic acids is 2. The number of piperazine rings is 1. The molecule has 7 heteroatoms. The van der Waals surface area contributed by atoms with Crippen LogP contribution < -0.4 is 0 Å². The quantitative estimate of drug-likeness (QED) is 0.677. The van der Waals surface area contributed by atoms with Gasteiger partial charge in [0.2, 0.25) is 11.8 Å². The molecule has 0 bridgehead atoms. The minimum Gasteiger partial charge on any atom is -0.456 e. The standard InChI is InChI=1S/C21H22N2O4S/c1-15(24)22-8-10-23(11-9-22)21(25)14-28(26)13-16-6-7-20-18(12-16)17-4-2-3-5-19(17)27-20/h2-7,12H,8-11,13-14H2,1H3. The Morgan fingerprint density at radius 2 is 1.64 bits per heavy atom. The lowest BCUT2D eigenvalue weighted by Crippen LogP contribution is -2.51. The number of para-hydroxylation sites is 1. The summed E-state index contributed by atoms with van der Waals surface area (Å²) in [5.74, 6) is 0.243. The normalized spacial score (nSPS) is 15.9. The summed E-state index contributed by atoms with van der Waals surface area (Å²) in [5, 5.41) is 2.03. The molecule has 28 heavy (non-hydrogen) atoms. The largest absolute Gasteiger partial charge is 0.456 e. The van der Waals surface area contributed by atoms with Gasteiger partial charge in [0.25, 0.3) is 0 Å². The molecule has 1 aliphatic heterocycles. The van der Waals surface area contributed by atoms with Crippen molar-refractivity contribution in [1.82, 2.24) is 9.80 Å². The minimum atomic E-state index is -1.29. The fraction of sp³-hybridized carbons (Fsp3) is 0.333. The number of nitrogens with zero attached hydrogens (tertiary/aromatic N) is 2. The molecule has 1 aliphatic rings. The van der Waals surface area contributed by atoms with Gasteiger partial charge in [0.1, 0.15) is 16.9 Å². The molecule has 0 saturated carbocycles. The monoisotopic (exact) mass is 398 g/mol. The van der Waals surface area contributed by atoms with Crippen LogP contribution in [0, 0.1) is 0 Å². The smallest absolute Gasteiger partial charge is 0.235 e. The molecular weight excluding hydrogens is 376 g/mol. The molecular formula is C21H22N2O4S. The van der Waals surface area contributed by atoms with E-state index in [9.17, 15) is 13.8 Å². The summed E-state index contributed by atoms with van der Waals surface area (Å²) in [6, 6.07) is 13.6. The highest BCUT2D eigenvalue weighted by Gasteiger charge is 2.23. The summed E-state index contributed by atoms with van der Waals surface area (Å²) in [7, 11) is -1.29. The Labute approximate surface area is 165 Å². The summed E-state index contributed by atoms with van der Waals surface area (Å²) < 4.78 is 18.4. The highest BCUT2D eigenvalue weighted by molar-refractivity contribution is 7.84. The molecule has 6 nitrogen and oxygen atoms in total. The van der Waals surface area contributed by atoms with Crippen molar-refractivity contribution in [2.24, 2.45) is 0 Å². The van der Waals surface area contributed by atoms with Gasteiger partial charge in [0, 0.05) is 60.4 Å². The molecule has 3 aromatic rings. The predicted molar refractivity (Wildman–Crippen MR) is 109 cm³/mol. The lowest BCUT2D eigenvalue weighted by molar-refractivity contribution is -0.136. The number of fused-ring (bicyclic) bond motifs is 3. The van der Waals surface area contributed by atoms with Crippen LogP contribution in [0.4, 0.5) is 0 Å². The van der Waals surface area contributed by atoms with Gasteiger partial charge >= 0.3 is 0 Å². The van der Waals surface area contributed by atoms with Crippen LogP contribution in [0.2, 0.25) is 0 Å². The van der Waals surface area contributed by atoms with Gasteiger partial charge in [0.15, 0.2) is 0 Å². The van der Waals surface area contributed by atoms with E-state index in [1.54, 1.807) is 9.80 Å². The number of furan rings is 1. The number of carbonyl (C=O) groups is 2. The molecule has 0 N–H and O–H groups in total. The van der Waals surface area contributed by atoms with Gasteiger partial charge in [-0.05, 0) is 23.8 Å². The van der Waals surface area contributed by atoms with Gasteiger partial charge in [-0.25, -0.2) is 0 Å². The first-order valence-corrected chi connectivity index (χ1v) is 10.8. The first-order valence-electron chi connectivity index (χ1n) is 9.30. The molecule has 0 radical (unpaired) electrons. The molecule has 2 amide bonds. The van der Waals surface area contributed by atoms with Crippen molar-refractivity contribution in [3.63, 3.8) is 0 Å². The third-order valence-electron chi connectivity index (χ3n) is 5.13. The second-order valence-electron chi connectivity index (χ2n) is 7.04. The molecule has 4 rings (SSSR count). The third kappa shape index (κ3) is 3.80. The Hall–Kier alpha value is -2.67. The second kappa shape index (κ2) is 7.75. The first kappa shape index (κ1) is 18.7. The van der Waals surface area contributed by atoms with E-state index in [1.165, 1.54) is 6.92 Å². The topological polar surface area (TPSA) is 70.8 Å². The van der Waals surface area contributed by atoms with Crippen LogP contribution in [-0.4, -0.2) is 57.8 Å². The molecule has 0 spiro atoms. The van der Waals surface area contributed by atoms with E-state index in [0.29, 0.717) is 31.9 Å². The Morgan fingerprint density at radius 1 is 0.964 bits per heavy atom. The highest BCUT2D eigenvalue weighted by Crippen LogP contribution is 2.29. The second-order valence-corrected chi connectivity index (χ2v) is 8.50. The van der Waals surface area contributed by atoms with E-state index in [4.69, 9.17) is 4.42 Å². The average molecular weight is 398 g/mol. The van der Waals surface area contributed by atoms with Crippen molar-refractivity contribution in [3.8, 4) is 0 Å². The zero-order valence-electron chi connectivity index (χ0n) is 15.7. The van der Waals surface area contributed by atoms with E-state index in [-0.39, 0.29) is 17.6 Å². The van der Waals surface area contributed by atoms with Crippen molar-refractivity contribution < 1.29 is 18.2 Å². The van der Waals surface area contributed by atoms with Crippen LogP contribution in [0.15, 0.2) is 46.9 Å². The van der Waals surface area contributed by atoms with Crippen LogP contribution in [0.25, 0.3) is 21.9 Å². The lowest BCUT2D eigenvalue weighted by Gasteiger charge is -2.34. The van der Waals surface area contributed by atoms with E-state index < -0.39 is 10.8 Å². The maximum atomic E-state index is 12.6. The van der Waals surface area contributed by atoms with Crippen LogP contribution in [0.5, 0.6) is 0 Å². The van der Waals surface area contributed by atoms with Crippen molar-refractivity contribution in [2.45, 2.75) is 12.7 Å². The van der Waals surface area contributed by atoms with Gasteiger partial charge < -0.3 is 14.2 Å². The molecule has 1 aromatic heterocycles. The zero-order chi connectivity index (χ0) is 19.7. The zero-order valence-corrected chi connectivity index (χ0v) is 16.5. The first-order chi connectivity index (χ1) is 13.5. The van der Waals surface area contributed by atoms with E-state index >= 15 is 0 Å². The fourth-order valence-electron chi connectivity index (χ4n) is 3.60. The molecule has 1 unspecified atom stereocenters. The van der Waals surface area contributed by atoms with Gasteiger partial charge in [-0.15, -0.1) is 0 Å². The lowest BCUT2D eigenvalue weighted by atomic mass is 10.1.